The summed E-state index contributed by atoms with van der Waals surface area (Å²) in [5.41, 5.74) is 0.581. The second-order valence-corrected chi connectivity index (χ2v) is 5.87. The van der Waals surface area contributed by atoms with Crippen molar-refractivity contribution in [3.05, 3.63) is 59.4 Å². The first kappa shape index (κ1) is 16.3. The number of nitriles is 1. The molecule has 1 aromatic heterocycles. The Bertz CT molecular complexity index is 678. The minimum absolute atomic E-state index is 0.466. The molecule has 7 heteroatoms. The van der Waals surface area contributed by atoms with Crippen LogP contribution in [-0.4, -0.2) is 16.3 Å². The number of alkyl halides is 3. The molecule has 0 amide bonds. The van der Waals surface area contributed by atoms with Crippen LogP contribution in [0, 0.1) is 11.3 Å². The standard InChI is InChI=1S/C15H12F3N3S/c1-21(22-14-6-12(7-19)8-20-9-14)10-11-2-4-13(5-3-11)15(16,17)18/h2-6,8-9H,10H2,1H3. The smallest absolute Gasteiger partial charge is 0.262 e. The van der Waals surface area contributed by atoms with Crippen LogP contribution in [0.1, 0.15) is 16.7 Å². The molecule has 0 aliphatic rings. The third-order valence-electron chi connectivity index (χ3n) is 2.79. The molecule has 114 valence electrons. The number of pyridine rings is 1. The van der Waals surface area contributed by atoms with E-state index in [-0.39, 0.29) is 0 Å². The van der Waals surface area contributed by atoms with Crippen molar-refractivity contribution in [3.63, 3.8) is 0 Å². The van der Waals surface area contributed by atoms with Crippen LogP contribution in [0.2, 0.25) is 0 Å². The monoisotopic (exact) mass is 323 g/mol. The molecule has 0 bridgehead atoms. The Morgan fingerprint density at radius 3 is 2.50 bits per heavy atom. The summed E-state index contributed by atoms with van der Waals surface area (Å²) in [6.45, 7) is 0.472. The van der Waals surface area contributed by atoms with Gasteiger partial charge in [0.1, 0.15) is 6.07 Å². The molecule has 1 heterocycles. The van der Waals surface area contributed by atoms with E-state index in [0.29, 0.717) is 12.1 Å². The van der Waals surface area contributed by atoms with Gasteiger partial charge in [0, 0.05) is 23.8 Å². The fourth-order valence-electron chi connectivity index (χ4n) is 1.80. The lowest BCUT2D eigenvalue weighted by Gasteiger charge is -2.16. The van der Waals surface area contributed by atoms with E-state index in [0.717, 1.165) is 22.6 Å². The van der Waals surface area contributed by atoms with Crippen LogP contribution in [0.3, 0.4) is 0 Å². The number of aromatic nitrogens is 1. The molecule has 2 rings (SSSR count). The van der Waals surface area contributed by atoms with E-state index in [1.165, 1.54) is 30.3 Å². The maximum absolute atomic E-state index is 12.5. The summed E-state index contributed by atoms with van der Waals surface area (Å²) in [5.74, 6) is 0. The highest BCUT2D eigenvalue weighted by atomic mass is 32.2. The largest absolute Gasteiger partial charge is 0.416 e. The SMILES string of the molecule is CN(Cc1ccc(C(F)(F)F)cc1)Sc1cncc(C#N)c1. The predicted octanol–water partition coefficient (Wildman–Crippen LogP) is 4.11. The minimum atomic E-state index is -4.32. The molecule has 0 saturated carbocycles. The summed E-state index contributed by atoms with van der Waals surface area (Å²) < 4.78 is 39.3. The number of benzene rings is 1. The Morgan fingerprint density at radius 1 is 1.23 bits per heavy atom. The maximum atomic E-state index is 12.5. The molecule has 0 unspecified atom stereocenters. The second kappa shape index (κ2) is 6.81. The molecule has 0 spiro atoms. The Labute approximate surface area is 130 Å². The molecule has 0 atom stereocenters. The highest BCUT2D eigenvalue weighted by Crippen LogP contribution is 2.29. The first-order valence-electron chi connectivity index (χ1n) is 6.29. The van der Waals surface area contributed by atoms with Crippen LogP contribution in [0.5, 0.6) is 0 Å². The third-order valence-corrected chi connectivity index (χ3v) is 3.66. The van der Waals surface area contributed by atoms with Gasteiger partial charge in [-0.1, -0.05) is 12.1 Å². The molecular weight excluding hydrogens is 311 g/mol. The van der Waals surface area contributed by atoms with Gasteiger partial charge in [-0.2, -0.15) is 18.4 Å². The number of rotatable bonds is 4. The Morgan fingerprint density at radius 2 is 1.91 bits per heavy atom. The van der Waals surface area contributed by atoms with Crippen molar-refractivity contribution < 1.29 is 13.2 Å². The Balaban J connectivity index is 2.00. The van der Waals surface area contributed by atoms with E-state index in [1.54, 1.807) is 12.3 Å². The zero-order valence-corrected chi connectivity index (χ0v) is 12.4. The molecule has 0 fully saturated rings. The predicted molar refractivity (Wildman–Crippen MR) is 77.7 cm³/mol. The first-order valence-corrected chi connectivity index (χ1v) is 7.06. The lowest BCUT2D eigenvalue weighted by Crippen LogP contribution is -2.09. The minimum Gasteiger partial charge on any atom is -0.262 e. The molecular formula is C15H12F3N3S. The van der Waals surface area contributed by atoms with E-state index in [9.17, 15) is 13.2 Å². The molecule has 0 N–H and O–H groups in total. The van der Waals surface area contributed by atoms with Gasteiger partial charge in [-0.05, 0) is 42.8 Å². The lowest BCUT2D eigenvalue weighted by atomic mass is 10.1. The molecule has 3 nitrogen and oxygen atoms in total. The van der Waals surface area contributed by atoms with Gasteiger partial charge in [0.25, 0.3) is 0 Å². The molecule has 1 aromatic carbocycles. The van der Waals surface area contributed by atoms with Crippen LogP contribution < -0.4 is 0 Å². The average Bonchev–Trinajstić information content (AvgIpc) is 2.47. The van der Waals surface area contributed by atoms with E-state index < -0.39 is 11.7 Å². The summed E-state index contributed by atoms with van der Waals surface area (Å²) in [5, 5.41) is 8.82. The summed E-state index contributed by atoms with van der Waals surface area (Å²) >= 11 is 1.38. The number of hydrogen-bond donors (Lipinski definition) is 0. The van der Waals surface area contributed by atoms with Crippen molar-refractivity contribution in [2.75, 3.05) is 7.05 Å². The molecule has 0 aliphatic carbocycles. The summed E-state index contributed by atoms with van der Waals surface area (Å²) in [6.07, 6.45) is -1.21. The van der Waals surface area contributed by atoms with Gasteiger partial charge in [0.05, 0.1) is 11.1 Å². The number of nitrogens with zero attached hydrogens (tertiary/aromatic N) is 3. The Hall–Kier alpha value is -2.04. The zero-order valence-electron chi connectivity index (χ0n) is 11.6. The van der Waals surface area contributed by atoms with Crippen molar-refractivity contribution in [3.8, 4) is 6.07 Å². The molecule has 0 saturated heterocycles. The number of halogens is 3. The number of hydrogen-bond acceptors (Lipinski definition) is 4. The Kier molecular flexibility index (Phi) is 5.06. The van der Waals surface area contributed by atoms with Crippen LogP contribution in [0.4, 0.5) is 13.2 Å². The normalized spacial score (nSPS) is 11.5. The molecule has 0 radical (unpaired) electrons. The van der Waals surface area contributed by atoms with Crippen LogP contribution >= 0.6 is 11.9 Å². The molecule has 0 aliphatic heterocycles. The van der Waals surface area contributed by atoms with Crippen LogP contribution in [0.25, 0.3) is 0 Å². The molecule has 22 heavy (non-hydrogen) atoms. The van der Waals surface area contributed by atoms with E-state index in [2.05, 4.69) is 4.98 Å². The van der Waals surface area contributed by atoms with Gasteiger partial charge in [0.2, 0.25) is 0 Å². The van der Waals surface area contributed by atoms with Crippen molar-refractivity contribution in [2.24, 2.45) is 0 Å². The molecule has 2 aromatic rings. The van der Waals surface area contributed by atoms with Crippen molar-refractivity contribution in [1.29, 1.82) is 5.26 Å². The second-order valence-electron chi connectivity index (χ2n) is 4.59. The summed E-state index contributed by atoms with van der Waals surface area (Å²) in [7, 11) is 1.82. The van der Waals surface area contributed by atoms with Crippen molar-refractivity contribution in [2.45, 2.75) is 17.6 Å². The van der Waals surface area contributed by atoms with Crippen molar-refractivity contribution >= 4 is 11.9 Å². The topological polar surface area (TPSA) is 39.9 Å². The van der Waals surface area contributed by atoms with Gasteiger partial charge >= 0.3 is 6.18 Å². The fraction of sp³-hybridized carbons (Fsp3) is 0.200. The maximum Gasteiger partial charge on any atom is 0.416 e. The summed E-state index contributed by atoms with van der Waals surface area (Å²) in [4.78, 5) is 4.76. The van der Waals surface area contributed by atoms with E-state index >= 15 is 0 Å². The van der Waals surface area contributed by atoms with Gasteiger partial charge in [0.15, 0.2) is 0 Å². The third kappa shape index (κ3) is 4.48. The van der Waals surface area contributed by atoms with E-state index in [1.807, 2.05) is 17.4 Å². The lowest BCUT2D eigenvalue weighted by molar-refractivity contribution is -0.137. The van der Waals surface area contributed by atoms with Gasteiger partial charge in [-0.25, -0.2) is 4.31 Å². The summed E-state index contributed by atoms with van der Waals surface area (Å²) in [6, 6.07) is 8.79. The van der Waals surface area contributed by atoms with Gasteiger partial charge < -0.3 is 0 Å². The van der Waals surface area contributed by atoms with Crippen LogP contribution in [0.15, 0.2) is 47.6 Å². The fourth-order valence-corrected chi connectivity index (χ4v) is 2.66. The van der Waals surface area contributed by atoms with Crippen molar-refractivity contribution in [1.82, 2.24) is 9.29 Å². The quantitative estimate of drug-likeness (QED) is 0.794. The van der Waals surface area contributed by atoms with Gasteiger partial charge in [-0.3, -0.25) is 4.98 Å². The van der Waals surface area contributed by atoms with Crippen LogP contribution in [-0.2, 0) is 12.7 Å². The average molecular weight is 323 g/mol. The highest BCUT2D eigenvalue weighted by molar-refractivity contribution is 7.97. The van der Waals surface area contributed by atoms with E-state index in [4.69, 9.17) is 5.26 Å². The first-order chi connectivity index (χ1) is 10.4. The van der Waals surface area contributed by atoms with Gasteiger partial charge in [-0.15, -0.1) is 0 Å². The highest BCUT2D eigenvalue weighted by Gasteiger charge is 2.29. The zero-order chi connectivity index (χ0) is 16.2.